The number of hydrogen-bond acceptors (Lipinski definition) is 3. The maximum absolute atomic E-state index is 12.1. The van der Waals surface area contributed by atoms with E-state index in [2.05, 4.69) is 20.8 Å². The molecule has 1 rings (SSSR count). The molecule has 1 aliphatic rings. The van der Waals surface area contributed by atoms with Gasteiger partial charge in [0, 0.05) is 19.1 Å². The zero-order chi connectivity index (χ0) is 13.1. The smallest absolute Gasteiger partial charge is 0.214 e. The van der Waals surface area contributed by atoms with Crippen molar-refractivity contribution in [3.05, 3.63) is 0 Å². The number of nitrogens with zero attached hydrogens (tertiary/aromatic N) is 1. The van der Waals surface area contributed by atoms with Crippen molar-refractivity contribution in [2.45, 2.75) is 46.1 Å². The summed E-state index contributed by atoms with van der Waals surface area (Å²) < 4.78 is 25.9. The average Bonchev–Trinajstić information content (AvgIpc) is 2.27. The highest BCUT2D eigenvalue weighted by Gasteiger charge is 2.31. The normalized spacial score (nSPS) is 27.6. The second-order valence-electron chi connectivity index (χ2n) is 5.48. The molecule has 1 saturated heterocycles. The van der Waals surface area contributed by atoms with E-state index in [0.717, 1.165) is 19.3 Å². The lowest BCUT2D eigenvalue weighted by atomic mass is 9.92. The molecule has 5 heteroatoms. The van der Waals surface area contributed by atoms with Crippen LogP contribution in [0.25, 0.3) is 0 Å². The Morgan fingerprint density at radius 1 is 1.41 bits per heavy atom. The number of nitrogens with two attached hydrogens (primary N) is 1. The van der Waals surface area contributed by atoms with Gasteiger partial charge >= 0.3 is 0 Å². The zero-order valence-corrected chi connectivity index (χ0v) is 12.0. The Hall–Kier alpha value is -0.130. The highest BCUT2D eigenvalue weighted by molar-refractivity contribution is 7.89. The molecule has 2 atom stereocenters. The van der Waals surface area contributed by atoms with E-state index in [-0.39, 0.29) is 11.8 Å². The van der Waals surface area contributed by atoms with Crippen LogP contribution in [0.3, 0.4) is 0 Å². The maximum atomic E-state index is 12.1. The first-order valence-electron chi connectivity index (χ1n) is 6.60. The molecule has 0 amide bonds. The van der Waals surface area contributed by atoms with Crippen LogP contribution in [-0.2, 0) is 10.0 Å². The van der Waals surface area contributed by atoms with E-state index in [9.17, 15) is 8.42 Å². The predicted molar refractivity (Wildman–Crippen MR) is 71.2 cm³/mol. The highest BCUT2D eigenvalue weighted by atomic mass is 32.2. The third-order valence-corrected chi connectivity index (χ3v) is 5.50. The predicted octanol–water partition coefficient (Wildman–Crippen LogP) is 1.42. The lowest BCUT2D eigenvalue weighted by Crippen LogP contribution is -2.49. The van der Waals surface area contributed by atoms with Crippen LogP contribution in [0.1, 0.15) is 40.0 Å². The summed E-state index contributed by atoms with van der Waals surface area (Å²) in [4.78, 5) is 0. The molecule has 4 nitrogen and oxygen atoms in total. The Labute approximate surface area is 106 Å². The first-order valence-corrected chi connectivity index (χ1v) is 8.21. The molecule has 17 heavy (non-hydrogen) atoms. The standard InChI is InChI=1S/C12H26N2O2S/c1-4-11-9-14(7-5-12(11)13)17(15,16)8-6-10(2)3/h10-12H,4-9,13H2,1-3H3. The van der Waals surface area contributed by atoms with Crippen LogP contribution in [0.5, 0.6) is 0 Å². The Morgan fingerprint density at radius 2 is 2.06 bits per heavy atom. The third-order valence-electron chi connectivity index (χ3n) is 3.63. The third kappa shape index (κ3) is 4.23. The van der Waals surface area contributed by atoms with E-state index in [1.54, 1.807) is 4.31 Å². The van der Waals surface area contributed by atoms with Crippen molar-refractivity contribution in [1.82, 2.24) is 4.31 Å². The van der Waals surface area contributed by atoms with E-state index >= 15 is 0 Å². The number of piperidine rings is 1. The SMILES string of the molecule is CCC1CN(S(=O)(=O)CCC(C)C)CCC1N. The molecule has 102 valence electrons. The van der Waals surface area contributed by atoms with Gasteiger partial charge in [-0.15, -0.1) is 0 Å². The molecule has 0 aromatic rings. The van der Waals surface area contributed by atoms with Gasteiger partial charge in [-0.3, -0.25) is 0 Å². The Balaban J connectivity index is 2.60. The Kier molecular flexibility index (Phi) is 5.41. The topological polar surface area (TPSA) is 63.4 Å². The quantitative estimate of drug-likeness (QED) is 0.815. The van der Waals surface area contributed by atoms with E-state index in [1.807, 2.05) is 0 Å². The van der Waals surface area contributed by atoms with Crippen molar-refractivity contribution >= 4 is 10.0 Å². The van der Waals surface area contributed by atoms with Gasteiger partial charge in [0.25, 0.3) is 0 Å². The lowest BCUT2D eigenvalue weighted by molar-refractivity contribution is 0.230. The van der Waals surface area contributed by atoms with Gasteiger partial charge in [0.2, 0.25) is 10.0 Å². The molecule has 1 aliphatic heterocycles. The minimum Gasteiger partial charge on any atom is -0.327 e. The molecule has 0 aromatic carbocycles. The molecule has 0 aromatic heterocycles. The molecule has 0 radical (unpaired) electrons. The van der Waals surface area contributed by atoms with Gasteiger partial charge in [0.1, 0.15) is 0 Å². The summed E-state index contributed by atoms with van der Waals surface area (Å²) in [5.74, 6) is 1.02. The van der Waals surface area contributed by atoms with E-state index < -0.39 is 10.0 Å². The second-order valence-corrected chi connectivity index (χ2v) is 7.57. The summed E-state index contributed by atoms with van der Waals surface area (Å²) in [6.07, 6.45) is 2.48. The summed E-state index contributed by atoms with van der Waals surface area (Å²) in [7, 11) is -3.07. The molecule has 1 fully saturated rings. The van der Waals surface area contributed by atoms with Gasteiger partial charge in [-0.2, -0.15) is 0 Å². The second kappa shape index (κ2) is 6.16. The first-order chi connectivity index (χ1) is 7.86. The van der Waals surface area contributed by atoms with Crippen molar-refractivity contribution in [2.75, 3.05) is 18.8 Å². The van der Waals surface area contributed by atoms with Crippen molar-refractivity contribution in [3.8, 4) is 0 Å². The van der Waals surface area contributed by atoms with Crippen LogP contribution < -0.4 is 5.73 Å². The molecule has 0 saturated carbocycles. The van der Waals surface area contributed by atoms with Crippen LogP contribution in [-0.4, -0.2) is 37.6 Å². The number of rotatable bonds is 5. The van der Waals surface area contributed by atoms with Gasteiger partial charge in [-0.1, -0.05) is 27.2 Å². The summed E-state index contributed by atoms with van der Waals surface area (Å²) in [5.41, 5.74) is 6.00. The van der Waals surface area contributed by atoms with Crippen LogP contribution in [0.15, 0.2) is 0 Å². The zero-order valence-electron chi connectivity index (χ0n) is 11.2. The molecule has 2 N–H and O–H groups in total. The minimum absolute atomic E-state index is 0.163. The Morgan fingerprint density at radius 3 is 2.59 bits per heavy atom. The molecule has 1 heterocycles. The van der Waals surface area contributed by atoms with Crippen molar-refractivity contribution in [2.24, 2.45) is 17.6 Å². The van der Waals surface area contributed by atoms with Crippen LogP contribution >= 0.6 is 0 Å². The first kappa shape index (κ1) is 14.9. The summed E-state index contributed by atoms with van der Waals surface area (Å²) in [6.45, 7) is 7.39. The summed E-state index contributed by atoms with van der Waals surface area (Å²) in [5, 5.41) is 0. The molecule has 2 unspecified atom stereocenters. The fourth-order valence-corrected chi connectivity index (χ4v) is 4.04. The van der Waals surface area contributed by atoms with Crippen molar-refractivity contribution in [1.29, 1.82) is 0 Å². The molecular weight excluding hydrogens is 236 g/mol. The highest BCUT2D eigenvalue weighted by Crippen LogP contribution is 2.21. The maximum Gasteiger partial charge on any atom is 0.214 e. The summed E-state index contributed by atoms with van der Waals surface area (Å²) in [6, 6.07) is 0.163. The van der Waals surface area contributed by atoms with E-state index in [4.69, 9.17) is 5.73 Å². The number of sulfonamides is 1. The van der Waals surface area contributed by atoms with Crippen LogP contribution in [0.4, 0.5) is 0 Å². The van der Waals surface area contributed by atoms with Crippen LogP contribution in [0.2, 0.25) is 0 Å². The monoisotopic (exact) mass is 262 g/mol. The van der Waals surface area contributed by atoms with Crippen molar-refractivity contribution in [3.63, 3.8) is 0 Å². The van der Waals surface area contributed by atoms with E-state index in [0.29, 0.717) is 24.9 Å². The van der Waals surface area contributed by atoms with Gasteiger partial charge in [-0.05, 0) is 24.7 Å². The molecule has 0 bridgehead atoms. The molecular formula is C12H26N2O2S. The Bertz CT molecular complexity index is 327. The largest absolute Gasteiger partial charge is 0.327 e. The fraction of sp³-hybridized carbons (Fsp3) is 1.00. The van der Waals surface area contributed by atoms with Gasteiger partial charge in [-0.25, -0.2) is 12.7 Å². The van der Waals surface area contributed by atoms with Crippen molar-refractivity contribution < 1.29 is 8.42 Å². The van der Waals surface area contributed by atoms with E-state index in [1.165, 1.54) is 0 Å². The minimum atomic E-state index is -3.07. The van der Waals surface area contributed by atoms with Gasteiger partial charge in [0.05, 0.1) is 5.75 Å². The van der Waals surface area contributed by atoms with Gasteiger partial charge in [0.15, 0.2) is 0 Å². The average molecular weight is 262 g/mol. The van der Waals surface area contributed by atoms with Crippen LogP contribution in [0, 0.1) is 11.8 Å². The lowest BCUT2D eigenvalue weighted by Gasteiger charge is -2.35. The van der Waals surface area contributed by atoms with Gasteiger partial charge < -0.3 is 5.73 Å². The molecule has 0 aliphatic carbocycles. The summed E-state index contributed by atoms with van der Waals surface area (Å²) >= 11 is 0. The fourth-order valence-electron chi connectivity index (χ4n) is 2.22. The number of hydrogen-bond donors (Lipinski definition) is 1. The molecule has 0 spiro atoms.